The molecule has 1 aliphatic rings. The van der Waals surface area contributed by atoms with Crippen molar-refractivity contribution in [3.05, 3.63) is 22.7 Å². The van der Waals surface area contributed by atoms with E-state index in [9.17, 15) is 9.59 Å². The molecule has 1 aromatic rings. The summed E-state index contributed by atoms with van der Waals surface area (Å²) in [4.78, 5) is 24.6. The first-order valence-electron chi connectivity index (χ1n) is 8.04. The van der Waals surface area contributed by atoms with Crippen LogP contribution in [0.5, 0.6) is 11.5 Å². The quantitative estimate of drug-likeness (QED) is 0.775. The number of hydrogen-bond acceptors (Lipinski definition) is 4. The first-order valence-corrected chi connectivity index (χ1v) is 8.42. The number of carbonyl (C=O) groups is 2. The van der Waals surface area contributed by atoms with Crippen LogP contribution in [0.25, 0.3) is 0 Å². The first kappa shape index (κ1) is 18.4. The van der Waals surface area contributed by atoms with Gasteiger partial charge in [0, 0.05) is 19.5 Å². The molecule has 7 heteroatoms. The van der Waals surface area contributed by atoms with E-state index >= 15 is 0 Å². The van der Waals surface area contributed by atoms with Gasteiger partial charge in [-0.1, -0.05) is 18.5 Å². The Morgan fingerprint density at radius 3 is 2.71 bits per heavy atom. The van der Waals surface area contributed by atoms with Gasteiger partial charge in [-0.15, -0.1) is 0 Å². The smallest absolute Gasteiger partial charge is 0.308 e. The Hall–Kier alpha value is -1.95. The highest BCUT2D eigenvalue weighted by atomic mass is 35.5. The van der Waals surface area contributed by atoms with Gasteiger partial charge in [0.05, 0.1) is 24.2 Å². The van der Waals surface area contributed by atoms with Crippen molar-refractivity contribution in [3.8, 4) is 11.5 Å². The van der Waals surface area contributed by atoms with Crippen LogP contribution in [0.4, 0.5) is 0 Å². The zero-order chi connectivity index (χ0) is 17.7. The zero-order valence-electron chi connectivity index (χ0n) is 13.9. The van der Waals surface area contributed by atoms with Crippen LogP contribution in [0.1, 0.15) is 32.3 Å². The number of ether oxygens (including phenoxy) is 2. The average molecular weight is 356 g/mol. The van der Waals surface area contributed by atoms with Gasteiger partial charge in [-0.3, -0.25) is 9.59 Å². The Kier molecular flexibility index (Phi) is 6.31. The van der Waals surface area contributed by atoms with Crippen LogP contribution in [0.2, 0.25) is 5.02 Å². The molecule has 1 N–H and O–H groups in total. The number of amides is 1. The number of carbonyl (C=O) groups excluding carboxylic acids is 1. The van der Waals surface area contributed by atoms with Crippen molar-refractivity contribution in [3.63, 3.8) is 0 Å². The molecule has 1 atom stereocenters. The number of rotatable bonds is 8. The summed E-state index contributed by atoms with van der Waals surface area (Å²) in [5.74, 6) is -0.716. The molecule has 1 aliphatic heterocycles. The van der Waals surface area contributed by atoms with Crippen LogP contribution in [0, 0.1) is 5.92 Å². The number of carboxylic acid groups (broad SMARTS) is 1. The molecule has 0 aromatic heterocycles. The number of aliphatic carboxylic acids is 1. The highest BCUT2D eigenvalue weighted by Gasteiger charge is 2.34. The summed E-state index contributed by atoms with van der Waals surface area (Å²) in [6.45, 7) is 5.38. The third kappa shape index (κ3) is 4.32. The topological polar surface area (TPSA) is 76.1 Å². The second-order valence-corrected chi connectivity index (χ2v) is 6.11. The van der Waals surface area contributed by atoms with Crippen molar-refractivity contribution < 1.29 is 24.2 Å². The van der Waals surface area contributed by atoms with Gasteiger partial charge in [0.2, 0.25) is 5.91 Å². The van der Waals surface area contributed by atoms with Gasteiger partial charge in [-0.25, -0.2) is 0 Å². The van der Waals surface area contributed by atoms with Gasteiger partial charge < -0.3 is 19.5 Å². The summed E-state index contributed by atoms with van der Waals surface area (Å²) in [6.07, 6.45) is 0.890. The fourth-order valence-corrected chi connectivity index (χ4v) is 2.92. The van der Waals surface area contributed by atoms with E-state index in [2.05, 4.69) is 0 Å². The Morgan fingerprint density at radius 1 is 1.38 bits per heavy atom. The highest BCUT2D eigenvalue weighted by Crippen LogP contribution is 2.37. The van der Waals surface area contributed by atoms with E-state index in [1.165, 1.54) is 4.90 Å². The van der Waals surface area contributed by atoms with Crippen molar-refractivity contribution in [1.82, 2.24) is 4.90 Å². The van der Waals surface area contributed by atoms with E-state index in [1.807, 2.05) is 13.8 Å². The molecular weight excluding hydrogens is 334 g/mol. The molecule has 0 spiro atoms. The maximum atomic E-state index is 12.0. The van der Waals surface area contributed by atoms with E-state index < -0.39 is 11.9 Å². The van der Waals surface area contributed by atoms with Crippen LogP contribution < -0.4 is 9.47 Å². The second kappa shape index (κ2) is 8.24. The molecule has 1 saturated heterocycles. The Labute approximate surface area is 146 Å². The van der Waals surface area contributed by atoms with Gasteiger partial charge >= 0.3 is 5.97 Å². The number of carboxylic acids is 1. The molecule has 0 saturated carbocycles. The molecule has 6 nitrogen and oxygen atoms in total. The SMILES string of the molecule is CCCOc1c(Cl)cc(CN2CC(C(=O)O)CC2=O)cc1OCC. The maximum absolute atomic E-state index is 12.0. The number of halogens is 1. The van der Waals surface area contributed by atoms with Crippen molar-refractivity contribution in [1.29, 1.82) is 0 Å². The van der Waals surface area contributed by atoms with Crippen LogP contribution in [0.15, 0.2) is 12.1 Å². The number of hydrogen-bond donors (Lipinski definition) is 1. The fourth-order valence-electron chi connectivity index (χ4n) is 2.63. The Bertz CT molecular complexity index is 619. The molecule has 0 bridgehead atoms. The molecule has 1 amide bonds. The summed E-state index contributed by atoms with van der Waals surface area (Å²) in [5.41, 5.74) is 0.784. The number of nitrogens with zero attached hydrogens (tertiary/aromatic N) is 1. The summed E-state index contributed by atoms with van der Waals surface area (Å²) in [7, 11) is 0. The van der Waals surface area contributed by atoms with Crippen LogP contribution in [-0.2, 0) is 16.1 Å². The summed E-state index contributed by atoms with van der Waals surface area (Å²) >= 11 is 6.30. The van der Waals surface area contributed by atoms with E-state index in [4.69, 9.17) is 26.2 Å². The molecule has 0 aliphatic carbocycles. The molecular formula is C17H22ClNO5. The van der Waals surface area contributed by atoms with E-state index in [0.29, 0.717) is 36.3 Å². The number of likely N-dealkylation sites (tertiary alicyclic amines) is 1. The molecule has 24 heavy (non-hydrogen) atoms. The predicted molar refractivity (Wildman–Crippen MR) is 89.6 cm³/mol. The van der Waals surface area contributed by atoms with Crippen LogP contribution in [0.3, 0.4) is 0 Å². The molecule has 0 radical (unpaired) electrons. The van der Waals surface area contributed by atoms with Crippen LogP contribution in [-0.4, -0.2) is 41.6 Å². The molecule has 132 valence electrons. The van der Waals surface area contributed by atoms with Crippen molar-refractivity contribution in [2.45, 2.75) is 33.2 Å². The molecule has 2 rings (SSSR count). The van der Waals surface area contributed by atoms with Gasteiger partial charge in [0.1, 0.15) is 0 Å². The van der Waals surface area contributed by atoms with Gasteiger partial charge in [0.25, 0.3) is 0 Å². The number of benzene rings is 1. The normalized spacial score (nSPS) is 17.2. The Balaban J connectivity index is 2.18. The monoisotopic (exact) mass is 355 g/mol. The largest absolute Gasteiger partial charge is 0.490 e. The van der Waals surface area contributed by atoms with Crippen molar-refractivity contribution in [2.24, 2.45) is 5.92 Å². The minimum atomic E-state index is -0.942. The fraction of sp³-hybridized carbons (Fsp3) is 0.529. The van der Waals surface area contributed by atoms with Gasteiger partial charge in [-0.05, 0) is 31.0 Å². The zero-order valence-corrected chi connectivity index (χ0v) is 14.6. The van der Waals surface area contributed by atoms with Crippen molar-refractivity contribution >= 4 is 23.5 Å². The minimum Gasteiger partial charge on any atom is -0.490 e. The molecule has 1 unspecified atom stereocenters. The van der Waals surface area contributed by atoms with E-state index in [-0.39, 0.29) is 18.9 Å². The lowest BCUT2D eigenvalue weighted by Crippen LogP contribution is -2.25. The standard InChI is InChI=1S/C17H22ClNO5/c1-3-5-24-16-13(18)6-11(7-14(16)23-4-2)9-19-10-12(17(21)22)8-15(19)20/h6-7,12H,3-5,8-10H2,1-2H3,(H,21,22). The van der Waals surface area contributed by atoms with Crippen molar-refractivity contribution in [2.75, 3.05) is 19.8 Å². The maximum Gasteiger partial charge on any atom is 0.308 e. The Morgan fingerprint density at radius 2 is 2.12 bits per heavy atom. The lowest BCUT2D eigenvalue weighted by molar-refractivity contribution is -0.141. The summed E-state index contributed by atoms with van der Waals surface area (Å²) < 4.78 is 11.2. The first-order chi connectivity index (χ1) is 11.5. The van der Waals surface area contributed by atoms with Crippen LogP contribution >= 0.6 is 11.6 Å². The average Bonchev–Trinajstić information content (AvgIpc) is 2.88. The van der Waals surface area contributed by atoms with Gasteiger partial charge in [0.15, 0.2) is 11.5 Å². The third-order valence-electron chi connectivity index (χ3n) is 3.76. The van der Waals surface area contributed by atoms with Gasteiger partial charge in [-0.2, -0.15) is 0 Å². The second-order valence-electron chi connectivity index (χ2n) is 5.70. The van der Waals surface area contributed by atoms with E-state index in [0.717, 1.165) is 12.0 Å². The molecule has 1 aromatic carbocycles. The molecule has 1 fully saturated rings. The lowest BCUT2D eigenvalue weighted by atomic mass is 10.1. The third-order valence-corrected chi connectivity index (χ3v) is 4.04. The summed E-state index contributed by atoms with van der Waals surface area (Å²) in [6, 6.07) is 3.53. The minimum absolute atomic E-state index is 0.0408. The summed E-state index contributed by atoms with van der Waals surface area (Å²) in [5, 5.41) is 9.48. The highest BCUT2D eigenvalue weighted by molar-refractivity contribution is 6.32. The lowest BCUT2D eigenvalue weighted by Gasteiger charge is -2.19. The molecule has 1 heterocycles. The predicted octanol–water partition coefficient (Wildman–Crippen LogP) is 2.96. The van der Waals surface area contributed by atoms with E-state index in [1.54, 1.807) is 12.1 Å².